The number of ketones is 1. The van der Waals surface area contributed by atoms with Crippen molar-refractivity contribution in [1.82, 2.24) is 25.2 Å². The molecule has 6 rings (SSSR count). The number of amides is 2. The smallest absolute Gasteiger partial charge is 0.270 e. The Kier molecular flexibility index (Phi) is 5.63. The lowest BCUT2D eigenvalue weighted by atomic mass is 10.0. The van der Waals surface area contributed by atoms with Crippen molar-refractivity contribution in [2.75, 3.05) is 6.61 Å². The number of carbonyl (C=O) groups is 3. The molecule has 4 aromatic rings. The zero-order valence-corrected chi connectivity index (χ0v) is 19.7. The van der Waals surface area contributed by atoms with Gasteiger partial charge in [-0.15, -0.1) is 0 Å². The molecule has 1 aliphatic carbocycles. The van der Waals surface area contributed by atoms with Crippen molar-refractivity contribution in [1.29, 1.82) is 0 Å². The molecule has 37 heavy (non-hydrogen) atoms. The third-order valence-electron chi connectivity index (χ3n) is 6.69. The van der Waals surface area contributed by atoms with E-state index in [2.05, 4.69) is 20.7 Å². The number of ether oxygens (including phenoxy) is 1. The number of rotatable bonds is 5. The van der Waals surface area contributed by atoms with Crippen molar-refractivity contribution in [3.63, 3.8) is 0 Å². The van der Waals surface area contributed by atoms with E-state index in [-0.39, 0.29) is 48.4 Å². The lowest BCUT2D eigenvalue weighted by Crippen LogP contribution is -2.30. The number of fused-ring (bicyclic) bond motifs is 3. The third kappa shape index (κ3) is 4.31. The highest BCUT2D eigenvalue weighted by molar-refractivity contribution is 5.98. The van der Waals surface area contributed by atoms with Crippen molar-refractivity contribution in [2.45, 2.75) is 31.8 Å². The van der Waals surface area contributed by atoms with E-state index >= 15 is 0 Å². The standard InChI is InChI=1S/C27H22FN5O4/c28-20-13-30-33-23(27(36)32-21-7-6-16-3-1-2-4-19(16)21)11-22(31-25(20)33)26(35)29-12-15-5-8-24-17(9-15)10-18(34)14-37-24/h1-5,8-9,11,13,21H,6-7,10,12,14H2,(H,29,35)(H,32,36)/t21-/m0/s1. The average molecular weight is 500 g/mol. The van der Waals surface area contributed by atoms with E-state index in [9.17, 15) is 18.8 Å². The molecule has 2 aromatic carbocycles. The maximum absolute atomic E-state index is 14.4. The fraction of sp³-hybridized carbons (Fsp3) is 0.222. The van der Waals surface area contributed by atoms with Crippen LogP contribution in [0.3, 0.4) is 0 Å². The fourth-order valence-corrected chi connectivity index (χ4v) is 4.87. The van der Waals surface area contributed by atoms with Gasteiger partial charge in [0.1, 0.15) is 23.7 Å². The van der Waals surface area contributed by atoms with Gasteiger partial charge in [-0.05, 0) is 41.7 Å². The van der Waals surface area contributed by atoms with E-state index in [1.807, 2.05) is 24.3 Å². The second-order valence-corrected chi connectivity index (χ2v) is 9.15. The van der Waals surface area contributed by atoms with Crippen LogP contribution in [0, 0.1) is 5.82 Å². The number of carbonyl (C=O) groups excluding carboxylic acids is 3. The van der Waals surface area contributed by atoms with Gasteiger partial charge < -0.3 is 15.4 Å². The van der Waals surface area contributed by atoms with E-state index in [4.69, 9.17) is 4.74 Å². The normalized spacial score (nSPS) is 16.1. The van der Waals surface area contributed by atoms with Crippen molar-refractivity contribution in [2.24, 2.45) is 0 Å². The summed E-state index contributed by atoms with van der Waals surface area (Å²) in [5.41, 5.74) is 3.43. The highest BCUT2D eigenvalue weighted by Crippen LogP contribution is 2.31. The molecule has 0 saturated carbocycles. The Labute approximate surface area is 210 Å². The van der Waals surface area contributed by atoms with Gasteiger partial charge in [-0.2, -0.15) is 5.10 Å². The lowest BCUT2D eigenvalue weighted by Gasteiger charge is -2.17. The first-order chi connectivity index (χ1) is 18.0. The first kappa shape index (κ1) is 22.8. The zero-order valence-electron chi connectivity index (χ0n) is 19.7. The molecular weight excluding hydrogens is 477 g/mol. The molecule has 1 aliphatic heterocycles. The summed E-state index contributed by atoms with van der Waals surface area (Å²) in [6.07, 6.45) is 2.83. The van der Waals surface area contributed by atoms with Crippen LogP contribution in [-0.2, 0) is 24.2 Å². The Bertz CT molecular complexity index is 1580. The number of aromatic nitrogens is 3. The second-order valence-electron chi connectivity index (χ2n) is 9.15. The van der Waals surface area contributed by atoms with Crippen molar-refractivity contribution in [3.05, 3.63) is 94.2 Å². The highest BCUT2D eigenvalue weighted by atomic mass is 19.1. The van der Waals surface area contributed by atoms with Crippen molar-refractivity contribution < 1.29 is 23.5 Å². The molecule has 2 aromatic heterocycles. The molecule has 0 bridgehead atoms. The molecule has 1 atom stereocenters. The lowest BCUT2D eigenvalue weighted by molar-refractivity contribution is -0.121. The molecular formula is C27H22FN5O4. The SMILES string of the molecule is O=C1COc2ccc(CNC(=O)c3cc(C(=O)N[C@H]4CCc5ccccc54)n4ncc(F)c4n3)cc2C1. The first-order valence-electron chi connectivity index (χ1n) is 11.9. The van der Waals surface area contributed by atoms with E-state index in [1.54, 1.807) is 18.2 Å². The molecule has 3 heterocycles. The number of hydrogen-bond donors (Lipinski definition) is 2. The highest BCUT2D eigenvalue weighted by Gasteiger charge is 2.26. The number of aryl methyl sites for hydroxylation is 1. The van der Waals surface area contributed by atoms with Crippen LogP contribution < -0.4 is 15.4 Å². The topological polar surface area (TPSA) is 115 Å². The number of nitrogens with zero attached hydrogens (tertiary/aromatic N) is 3. The van der Waals surface area contributed by atoms with Crippen LogP contribution in [0.25, 0.3) is 5.65 Å². The Hall–Kier alpha value is -4.60. The second kappa shape index (κ2) is 9.12. The Balaban J connectivity index is 1.23. The maximum atomic E-state index is 14.4. The van der Waals surface area contributed by atoms with Gasteiger partial charge in [0, 0.05) is 24.6 Å². The average Bonchev–Trinajstić information content (AvgIpc) is 3.49. The number of halogens is 1. The molecule has 9 nitrogen and oxygen atoms in total. The summed E-state index contributed by atoms with van der Waals surface area (Å²) in [6.45, 7) is 0.209. The maximum Gasteiger partial charge on any atom is 0.270 e. The number of hydrogen-bond acceptors (Lipinski definition) is 6. The van der Waals surface area contributed by atoms with E-state index in [0.29, 0.717) is 5.75 Å². The van der Waals surface area contributed by atoms with Crippen LogP contribution >= 0.6 is 0 Å². The molecule has 10 heteroatoms. The summed E-state index contributed by atoms with van der Waals surface area (Å²) >= 11 is 0. The zero-order chi connectivity index (χ0) is 25.5. The molecule has 0 fully saturated rings. The third-order valence-corrected chi connectivity index (χ3v) is 6.69. The van der Waals surface area contributed by atoms with Crippen LogP contribution in [0.2, 0.25) is 0 Å². The minimum absolute atomic E-state index is 0.00729. The predicted octanol–water partition coefficient (Wildman–Crippen LogP) is 2.72. The number of Topliss-reactive ketones (excluding diaryl/α,β-unsaturated/α-hetero) is 1. The van der Waals surface area contributed by atoms with Gasteiger partial charge in [0.2, 0.25) is 0 Å². The monoisotopic (exact) mass is 499 g/mol. The summed E-state index contributed by atoms with van der Waals surface area (Å²) in [6, 6.07) is 14.4. The van der Waals surface area contributed by atoms with Gasteiger partial charge in [-0.1, -0.05) is 30.3 Å². The van der Waals surface area contributed by atoms with Crippen LogP contribution in [0.5, 0.6) is 5.75 Å². The Morgan fingerprint density at radius 1 is 1.11 bits per heavy atom. The molecule has 0 radical (unpaired) electrons. The number of nitrogens with one attached hydrogen (secondary N) is 2. The molecule has 2 N–H and O–H groups in total. The van der Waals surface area contributed by atoms with Crippen LogP contribution in [0.1, 0.15) is 55.7 Å². The Morgan fingerprint density at radius 3 is 2.86 bits per heavy atom. The van der Waals surface area contributed by atoms with Gasteiger partial charge in [0.25, 0.3) is 11.8 Å². The first-order valence-corrected chi connectivity index (χ1v) is 11.9. The van der Waals surface area contributed by atoms with Gasteiger partial charge in [0.15, 0.2) is 17.2 Å². The van der Waals surface area contributed by atoms with Crippen LogP contribution in [-0.4, -0.2) is 38.8 Å². The van der Waals surface area contributed by atoms with Crippen molar-refractivity contribution in [3.8, 4) is 5.75 Å². The van der Waals surface area contributed by atoms with Gasteiger partial charge in [-0.25, -0.2) is 13.9 Å². The summed E-state index contributed by atoms with van der Waals surface area (Å²) in [7, 11) is 0. The van der Waals surface area contributed by atoms with E-state index < -0.39 is 17.6 Å². The number of benzene rings is 2. The summed E-state index contributed by atoms with van der Waals surface area (Å²) in [5, 5.41) is 9.69. The van der Waals surface area contributed by atoms with E-state index in [0.717, 1.165) is 40.2 Å². The van der Waals surface area contributed by atoms with E-state index in [1.165, 1.54) is 11.6 Å². The summed E-state index contributed by atoms with van der Waals surface area (Å²) < 4.78 is 20.9. The molecule has 186 valence electrons. The minimum atomic E-state index is -0.741. The molecule has 0 saturated heterocycles. The van der Waals surface area contributed by atoms with Gasteiger partial charge >= 0.3 is 0 Å². The van der Waals surface area contributed by atoms with Gasteiger partial charge in [-0.3, -0.25) is 14.4 Å². The molecule has 0 unspecified atom stereocenters. The quantitative estimate of drug-likeness (QED) is 0.437. The fourth-order valence-electron chi connectivity index (χ4n) is 4.87. The van der Waals surface area contributed by atoms with Crippen LogP contribution in [0.15, 0.2) is 54.7 Å². The largest absolute Gasteiger partial charge is 0.486 e. The van der Waals surface area contributed by atoms with Crippen molar-refractivity contribution >= 4 is 23.2 Å². The van der Waals surface area contributed by atoms with Gasteiger partial charge in [0.05, 0.1) is 12.2 Å². The summed E-state index contributed by atoms with van der Waals surface area (Å²) in [4.78, 5) is 42.0. The van der Waals surface area contributed by atoms with Crippen LogP contribution in [0.4, 0.5) is 4.39 Å². The molecule has 2 aliphatic rings. The Morgan fingerprint density at radius 2 is 1.97 bits per heavy atom. The predicted molar refractivity (Wildman–Crippen MR) is 130 cm³/mol. The minimum Gasteiger partial charge on any atom is -0.486 e. The summed E-state index contributed by atoms with van der Waals surface area (Å²) in [5.74, 6) is -1.16. The molecule has 0 spiro atoms. The molecule has 2 amide bonds.